The zero-order valence-electron chi connectivity index (χ0n) is 11.7. The number of hydrogen-bond donors (Lipinski definition) is 1. The first-order valence-corrected chi connectivity index (χ1v) is 6.56. The molecule has 2 aromatic rings. The first-order valence-electron chi connectivity index (χ1n) is 6.56. The van der Waals surface area contributed by atoms with Gasteiger partial charge in [-0.05, 0) is 18.9 Å². The average Bonchev–Trinajstić information content (AvgIpc) is 2.92. The third kappa shape index (κ3) is 4.76. The number of carbonyl (C=O) groups excluding carboxylic acids is 2. The summed E-state index contributed by atoms with van der Waals surface area (Å²) < 4.78 is 9.56. The average molecular weight is 288 g/mol. The normalized spacial score (nSPS) is 10.1. The molecule has 0 aliphatic heterocycles. The van der Waals surface area contributed by atoms with Crippen molar-refractivity contribution < 1.29 is 18.8 Å². The van der Waals surface area contributed by atoms with Crippen molar-refractivity contribution in [3.8, 4) is 0 Å². The molecule has 0 fully saturated rings. The van der Waals surface area contributed by atoms with Gasteiger partial charge >= 0.3 is 5.97 Å². The second kappa shape index (κ2) is 7.23. The van der Waals surface area contributed by atoms with Crippen LogP contribution in [0.2, 0.25) is 0 Å². The van der Waals surface area contributed by atoms with Crippen molar-refractivity contribution in [3.63, 3.8) is 0 Å². The smallest absolute Gasteiger partial charge is 0.377 e. The molecule has 0 radical (unpaired) electrons. The van der Waals surface area contributed by atoms with Gasteiger partial charge in [-0.2, -0.15) is 0 Å². The highest BCUT2D eigenvalue weighted by Gasteiger charge is 2.14. The number of carbonyl (C=O) groups is 2. The number of amides is 1. The van der Waals surface area contributed by atoms with E-state index in [1.807, 2.05) is 30.3 Å². The lowest BCUT2D eigenvalue weighted by Crippen LogP contribution is -2.30. The van der Waals surface area contributed by atoms with Crippen LogP contribution in [0.1, 0.15) is 21.8 Å². The van der Waals surface area contributed by atoms with Gasteiger partial charge in [-0.25, -0.2) is 4.79 Å². The summed E-state index contributed by atoms with van der Waals surface area (Å²) in [4.78, 5) is 23.1. The third-order valence-corrected chi connectivity index (χ3v) is 2.74. The molecular formula is C15H16N2O4. The van der Waals surface area contributed by atoms with E-state index < -0.39 is 5.97 Å². The number of aromatic nitrogens is 1. The number of benzene rings is 1. The van der Waals surface area contributed by atoms with Crippen molar-refractivity contribution in [3.05, 3.63) is 53.4 Å². The molecule has 1 aromatic carbocycles. The molecule has 0 saturated heterocycles. The molecular weight excluding hydrogens is 272 g/mol. The molecule has 21 heavy (non-hydrogen) atoms. The molecule has 0 saturated carbocycles. The van der Waals surface area contributed by atoms with Crippen molar-refractivity contribution in [1.82, 2.24) is 10.5 Å². The van der Waals surface area contributed by atoms with Crippen molar-refractivity contribution in [2.45, 2.75) is 13.3 Å². The zero-order chi connectivity index (χ0) is 15.1. The van der Waals surface area contributed by atoms with Gasteiger partial charge in [0, 0.05) is 12.6 Å². The topological polar surface area (TPSA) is 81.4 Å². The lowest BCUT2D eigenvalue weighted by Gasteiger charge is -2.05. The van der Waals surface area contributed by atoms with Gasteiger partial charge in [0.1, 0.15) is 0 Å². The Morgan fingerprint density at radius 3 is 2.71 bits per heavy atom. The van der Waals surface area contributed by atoms with Gasteiger partial charge in [0.05, 0.1) is 5.69 Å². The maximum Gasteiger partial charge on any atom is 0.377 e. The Kier molecular flexibility index (Phi) is 5.09. The van der Waals surface area contributed by atoms with Crippen LogP contribution in [0.3, 0.4) is 0 Å². The van der Waals surface area contributed by atoms with Crippen LogP contribution in [-0.4, -0.2) is 30.2 Å². The maximum absolute atomic E-state index is 11.5. The molecule has 0 unspecified atom stereocenters. The molecule has 0 aliphatic carbocycles. The number of nitrogens with zero attached hydrogens (tertiary/aromatic N) is 1. The van der Waals surface area contributed by atoms with E-state index in [-0.39, 0.29) is 18.3 Å². The van der Waals surface area contributed by atoms with Crippen LogP contribution in [0.5, 0.6) is 0 Å². The number of nitrogens with one attached hydrogen (secondary N) is 1. The first kappa shape index (κ1) is 14.8. The number of aryl methyl sites for hydroxylation is 1. The van der Waals surface area contributed by atoms with Crippen LogP contribution in [0.4, 0.5) is 0 Å². The van der Waals surface area contributed by atoms with E-state index in [9.17, 15) is 9.59 Å². The highest BCUT2D eigenvalue weighted by Crippen LogP contribution is 2.03. The standard InChI is InChI=1S/C15H16N2O4/c1-11-9-13(21-17-11)15(19)20-10-14(18)16-8-7-12-5-3-2-4-6-12/h2-6,9H,7-8,10H2,1H3,(H,16,18). The van der Waals surface area contributed by atoms with Gasteiger partial charge in [0.2, 0.25) is 5.76 Å². The van der Waals surface area contributed by atoms with E-state index in [0.717, 1.165) is 12.0 Å². The van der Waals surface area contributed by atoms with Gasteiger partial charge in [-0.15, -0.1) is 0 Å². The highest BCUT2D eigenvalue weighted by atomic mass is 16.6. The lowest BCUT2D eigenvalue weighted by atomic mass is 10.1. The fourth-order valence-electron chi connectivity index (χ4n) is 1.70. The summed E-state index contributed by atoms with van der Waals surface area (Å²) in [5.74, 6) is -1.06. The van der Waals surface area contributed by atoms with Crippen LogP contribution in [0.15, 0.2) is 40.9 Å². The van der Waals surface area contributed by atoms with E-state index in [1.165, 1.54) is 6.07 Å². The predicted molar refractivity (Wildman–Crippen MR) is 74.7 cm³/mol. The molecule has 2 rings (SSSR count). The predicted octanol–water partition coefficient (Wildman–Crippen LogP) is 1.50. The van der Waals surface area contributed by atoms with E-state index >= 15 is 0 Å². The summed E-state index contributed by atoms with van der Waals surface area (Å²) in [7, 11) is 0. The SMILES string of the molecule is Cc1cc(C(=O)OCC(=O)NCCc2ccccc2)on1. The Bertz CT molecular complexity index is 607. The van der Waals surface area contributed by atoms with E-state index in [2.05, 4.69) is 10.5 Å². The van der Waals surface area contributed by atoms with E-state index in [4.69, 9.17) is 9.26 Å². The Balaban J connectivity index is 1.67. The third-order valence-electron chi connectivity index (χ3n) is 2.74. The quantitative estimate of drug-likeness (QED) is 0.815. The Hall–Kier alpha value is -2.63. The van der Waals surface area contributed by atoms with Crippen LogP contribution in [-0.2, 0) is 16.0 Å². The van der Waals surface area contributed by atoms with Gasteiger partial charge in [-0.1, -0.05) is 35.5 Å². The van der Waals surface area contributed by atoms with Gasteiger partial charge in [-0.3, -0.25) is 4.79 Å². The molecule has 1 N–H and O–H groups in total. The molecule has 1 heterocycles. The summed E-state index contributed by atoms with van der Waals surface area (Å²) >= 11 is 0. The second-order valence-electron chi connectivity index (χ2n) is 4.49. The van der Waals surface area contributed by atoms with Crippen LogP contribution < -0.4 is 5.32 Å². The molecule has 0 bridgehead atoms. The fourth-order valence-corrected chi connectivity index (χ4v) is 1.70. The van der Waals surface area contributed by atoms with Gasteiger partial charge < -0.3 is 14.6 Å². The number of esters is 1. The highest BCUT2D eigenvalue weighted by molar-refractivity contribution is 5.88. The second-order valence-corrected chi connectivity index (χ2v) is 4.49. The monoisotopic (exact) mass is 288 g/mol. The number of ether oxygens (including phenoxy) is 1. The molecule has 0 atom stereocenters. The molecule has 1 aromatic heterocycles. The minimum absolute atomic E-state index is 0.00964. The Labute approximate surface area is 122 Å². The summed E-state index contributed by atoms with van der Waals surface area (Å²) in [5.41, 5.74) is 1.71. The largest absolute Gasteiger partial charge is 0.450 e. The molecule has 0 spiro atoms. The zero-order valence-corrected chi connectivity index (χ0v) is 11.7. The van der Waals surface area contributed by atoms with Crippen LogP contribution in [0, 0.1) is 6.92 Å². The minimum atomic E-state index is -0.700. The molecule has 6 heteroatoms. The molecule has 110 valence electrons. The molecule has 0 aliphatic rings. The molecule has 1 amide bonds. The van der Waals surface area contributed by atoms with Gasteiger partial charge in [0.15, 0.2) is 6.61 Å². The van der Waals surface area contributed by atoms with Gasteiger partial charge in [0.25, 0.3) is 5.91 Å². The lowest BCUT2D eigenvalue weighted by molar-refractivity contribution is -0.124. The Morgan fingerprint density at radius 2 is 2.05 bits per heavy atom. The summed E-state index contributed by atoms with van der Waals surface area (Å²) in [5, 5.41) is 6.25. The van der Waals surface area contributed by atoms with E-state index in [0.29, 0.717) is 12.2 Å². The minimum Gasteiger partial charge on any atom is -0.450 e. The van der Waals surface area contributed by atoms with Crippen LogP contribution in [0.25, 0.3) is 0 Å². The molecule has 6 nitrogen and oxygen atoms in total. The fraction of sp³-hybridized carbons (Fsp3) is 0.267. The van der Waals surface area contributed by atoms with Crippen molar-refractivity contribution in [2.75, 3.05) is 13.2 Å². The Morgan fingerprint density at radius 1 is 1.29 bits per heavy atom. The number of rotatable bonds is 6. The van der Waals surface area contributed by atoms with Crippen molar-refractivity contribution in [1.29, 1.82) is 0 Å². The first-order chi connectivity index (χ1) is 10.1. The van der Waals surface area contributed by atoms with Crippen LogP contribution >= 0.6 is 0 Å². The van der Waals surface area contributed by atoms with Crippen molar-refractivity contribution in [2.24, 2.45) is 0 Å². The number of hydrogen-bond acceptors (Lipinski definition) is 5. The maximum atomic E-state index is 11.5. The van der Waals surface area contributed by atoms with E-state index in [1.54, 1.807) is 6.92 Å². The summed E-state index contributed by atoms with van der Waals surface area (Å²) in [6.07, 6.45) is 0.724. The van der Waals surface area contributed by atoms with Crippen molar-refractivity contribution >= 4 is 11.9 Å². The summed E-state index contributed by atoms with van der Waals surface area (Å²) in [6.45, 7) is 1.84. The summed E-state index contributed by atoms with van der Waals surface area (Å²) in [6, 6.07) is 11.2.